The standard InChI is InChI=1S/C9H9BrN2O4/c1-2-16-9(13)4-6-3-7(10)8(5-11-6)12(14)15/h3,5H,2,4H2,1H3. The molecule has 0 bridgehead atoms. The Balaban J connectivity index is 2.81. The first-order valence-electron chi connectivity index (χ1n) is 4.49. The van der Waals surface area contributed by atoms with Gasteiger partial charge in [0, 0.05) is 0 Å². The third-order valence-corrected chi connectivity index (χ3v) is 2.35. The van der Waals surface area contributed by atoms with Crippen LogP contribution in [-0.4, -0.2) is 22.5 Å². The average molecular weight is 289 g/mol. The van der Waals surface area contributed by atoms with E-state index in [1.165, 1.54) is 6.07 Å². The van der Waals surface area contributed by atoms with Crippen molar-refractivity contribution in [2.45, 2.75) is 13.3 Å². The summed E-state index contributed by atoms with van der Waals surface area (Å²) >= 11 is 3.04. The minimum absolute atomic E-state index is 0.00440. The van der Waals surface area contributed by atoms with E-state index < -0.39 is 10.9 Å². The highest BCUT2D eigenvalue weighted by atomic mass is 79.9. The summed E-state index contributed by atoms with van der Waals surface area (Å²) < 4.78 is 5.03. The Kier molecular flexibility index (Phi) is 4.36. The summed E-state index contributed by atoms with van der Waals surface area (Å²) in [7, 11) is 0. The molecule has 1 aromatic rings. The number of carbonyl (C=O) groups is 1. The number of rotatable bonds is 4. The second-order valence-corrected chi connectivity index (χ2v) is 3.72. The first-order valence-corrected chi connectivity index (χ1v) is 5.28. The smallest absolute Gasteiger partial charge is 0.311 e. The maximum absolute atomic E-state index is 11.1. The Morgan fingerprint density at radius 2 is 2.38 bits per heavy atom. The molecule has 6 nitrogen and oxygen atoms in total. The van der Waals surface area contributed by atoms with E-state index in [0.29, 0.717) is 16.8 Å². The van der Waals surface area contributed by atoms with Crippen LogP contribution in [0.5, 0.6) is 0 Å². The van der Waals surface area contributed by atoms with Crippen LogP contribution in [0.15, 0.2) is 16.7 Å². The van der Waals surface area contributed by atoms with Crippen LogP contribution in [0.1, 0.15) is 12.6 Å². The van der Waals surface area contributed by atoms with Gasteiger partial charge in [-0.2, -0.15) is 0 Å². The number of hydrogen-bond donors (Lipinski definition) is 0. The topological polar surface area (TPSA) is 82.3 Å². The quantitative estimate of drug-likeness (QED) is 0.480. The van der Waals surface area contributed by atoms with Crippen molar-refractivity contribution in [1.29, 1.82) is 0 Å². The zero-order valence-electron chi connectivity index (χ0n) is 8.47. The van der Waals surface area contributed by atoms with Crippen molar-refractivity contribution >= 4 is 27.6 Å². The van der Waals surface area contributed by atoms with Gasteiger partial charge in [0.15, 0.2) is 0 Å². The minimum Gasteiger partial charge on any atom is -0.466 e. The SMILES string of the molecule is CCOC(=O)Cc1cc(Br)c([N+](=O)[O-])cn1. The molecule has 0 saturated carbocycles. The Hall–Kier alpha value is -1.50. The largest absolute Gasteiger partial charge is 0.466 e. The molecule has 0 saturated heterocycles. The maximum atomic E-state index is 11.1. The summed E-state index contributed by atoms with van der Waals surface area (Å²) in [6.07, 6.45) is 1.11. The van der Waals surface area contributed by atoms with Crippen molar-refractivity contribution in [3.05, 3.63) is 32.5 Å². The molecule has 16 heavy (non-hydrogen) atoms. The van der Waals surface area contributed by atoms with E-state index in [1.807, 2.05) is 0 Å². The monoisotopic (exact) mass is 288 g/mol. The van der Waals surface area contributed by atoms with Crippen LogP contribution in [0.2, 0.25) is 0 Å². The molecule has 0 N–H and O–H groups in total. The first kappa shape index (κ1) is 12.6. The van der Waals surface area contributed by atoms with Crippen molar-refractivity contribution in [1.82, 2.24) is 4.98 Å². The highest BCUT2D eigenvalue weighted by molar-refractivity contribution is 9.10. The number of hydrogen-bond acceptors (Lipinski definition) is 5. The minimum atomic E-state index is -0.550. The average Bonchev–Trinajstić information content (AvgIpc) is 2.17. The predicted molar refractivity (Wildman–Crippen MR) is 58.9 cm³/mol. The molecule has 1 aromatic heterocycles. The highest BCUT2D eigenvalue weighted by Crippen LogP contribution is 2.23. The highest BCUT2D eigenvalue weighted by Gasteiger charge is 2.14. The van der Waals surface area contributed by atoms with Crippen molar-refractivity contribution < 1.29 is 14.5 Å². The lowest BCUT2D eigenvalue weighted by Crippen LogP contribution is -2.08. The fourth-order valence-corrected chi connectivity index (χ4v) is 1.57. The molecule has 0 fully saturated rings. The van der Waals surface area contributed by atoms with E-state index in [9.17, 15) is 14.9 Å². The Bertz CT molecular complexity index is 422. The van der Waals surface area contributed by atoms with E-state index in [2.05, 4.69) is 20.9 Å². The molecule has 0 atom stereocenters. The molecule has 0 aliphatic heterocycles. The predicted octanol–water partition coefficient (Wildman–Crippen LogP) is 1.86. The molecule has 0 aromatic carbocycles. The molecule has 86 valence electrons. The summed E-state index contributed by atoms with van der Waals surface area (Å²) in [4.78, 5) is 24.9. The molecule has 0 unspecified atom stereocenters. The molecule has 0 aliphatic rings. The second-order valence-electron chi connectivity index (χ2n) is 2.87. The van der Waals surface area contributed by atoms with Crippen LogP contribution in [-0.2, 0) is 16.0 Å². The number of halogens is 1. The van der Waals surface area contributed by atoms with Crippen LogP contribution in [0.4, 0.5) is 5.69 Å². The van der Waals surface area contributed by atoms with Crippen LogP contribution in [0, 0.1) is 10.1 Å². The van der Waals surface area contributed by atoms with Gasteiger partial charge in [-0.1, -0.05) is 0 Å². The number of nitro groups is 1. The fraction of sp³-hybridized carbons (Fsp3) is 0.333. The molecule has 0 aliphatic carbocycles. The summed E-state index contributed by atoms with van der Waals surface area (Å²) in [6, 6.07) is 1.44. The molecular formula is C9H9BrN2O4. The van der Waals surface area contributed by atoms with E-state index in [0.717, 1.165) is 6.20 Å². The lowest BCUT2D eigenvalue weighted by molar-refractivity contribution is -0.386. The Labute approximate surface area is 99.9 Å². The Morgan fingerprint density at radius 3 is 2.88 bits per heavy atom. The van der Waals surface area contributed by atoms with Gasteiger partial charge in [0.25, 0.3) is 0 Å². The lowest BCUT2D eigenvalue weighted by atomic mass is 10.2. The van der Waals surface area contributed by atoms with E-state index in [-0.39, 0.29) is 12.1 Å². The van der Waals surface area contributed by atoms with E-state index >= 15 is 0 Å². The summed E-state index contributed by atoms with van der Waals surface area (Å²) in [5.41, 5.74) is 0.295. The lowest BCUT2D eigenvalue weighted by Gasteiger charge is -2.02. The van der Waals surface area contributed by atoms with Crippen LogP contribution in [0.25, 0.3) is 0 Å². The van der Waals surface area contributed by atoms with Gasteiger partial charge in [0.2, 0.25) is 0 Å². The fourth-order valence-electron chi connectivity index (χ4n) is 1.05. The molecular weight excluding hydrogens is 280 g/mol. The molecule has 1 rings (SSSR count). The zero-order valence-corrected chi connectivity index (χ0v) is 10.1. The number of ether oxygens (including phenoxy) is 1. The zero-order chi connectivity index (χ0) is 12.1. The molecule has 0 spiro atoms. The van der Waals surface area contributed by atoms with Gasteiger partial charge in [-0.15, -0.1) is 0 Å². The van der Waals surface area contributed by atoms with Gasteiger partial charge in [-0.3, -0.25) is 19.9 Å². The van der Waals surface area contributed by atoms with Crippen molar-refractivity contribution in [3.63, 3.8) is 0 Å². The van der Waals surface area contributed by atoms with Crippen molar-refractivity contribution in [3.8, 4) is 0 Å². The molecule has 1 heterocycles. The molecule has 7 heteroatoms. The van der Waals surface area contributed by atoms with Gasteiger partial charge in [0.05, 0.1) is 28.1 Å². The third kappa shape index (κ3) is 3.27. The van der Waals surface area contributed by atoms with Crippen molar-refractivity contribution in [2.24, 2.45) is 0 Å². The van der Waals surface area contributed by atoms with E-state index in [4.69, 9.17) is 4.74 Å². The van der Waals surface area contributed by atoms with E-state index in [1.54, 1.807) is 6.92 Å². The summed E-state index contributed by atoms with van der Waals surface area (Å²) in [5.74, 6) is -0.407. The van der Waals surface area contributed by atoms with Gasteiger partial charge >= 0.3 is 11.7 Å². The number of aromatic nitrogens is 1. The molecule has 0 amide bonds. The van der Waals surface area contributed by atoms with Crippen LogP contribution in [0.3, 0.4) is 0 Å². The molecule has 0 radical (unpaired) electrons. The number of pyridine rings is 1. The van der Waals surface area contributed by atoms with Gasteiger partial charge in [-0.05, 0) is 28.9 Å². The third-order valence-electron chi connectivity index (χ3n) is 1.72. The number of carbonyl (C=O) groups excluding carboxylic acids is 1. The van der Waals surface area contributed by atoms with Crippen LogP contribution >= 0.6 is 15.9 Å². The van der Waals surface area contributed by atoms with Gasteiger partial charge in [0.1, 0.15) is 6.20 Å². The number of esters is 1. The second kappa shape index (κ2) is 5.55. The Morgan fingerprint density at radius 1 is 1.69 bits per heavy atom. The van der Waals surface area contributed by atoms with Gasteiger partial charge in [-0.25, -0.2) is 0 Å². The van der Waals surface area contributed by atoms with Crippen molar-refractivity contribution in [2.75, 3.05) is 6.61 Å². The maximum Gasteiger partial charge on any atom is 0.311 e. The summed E-state index contributed by atoms with van der Waals surface area (Å²) in [6.45, 7) is 2.00. The normalized spacial score (nSPS) is 9.88. The number of nitrogens with zero attached hydrogens (tertiary/aromatic N) is 2. The first-order chi connectivity index (χ1) is 7.54. The van der Waals surface area contributed by atoms with Gasteiger partial charge < -0.3 is 4.74 Å². The van der Waals surface area contributed by atoms with Crippen LogP contribution < -0.4 is 0 Å². The summed E-state index contributed by atoms with van der Waals surface area (Å²) in [5, 5.41) is 10.5.